The number of nitrogens with zero attached hydrogens (tertiary/aromatic N) is 2. The Morgan fingerprint density at radius 2 is 1.77 bits per heavy atom. The molecule has 0 radical (unpaired) electrons. The number of hydrogen-bond acceptors (Lipinski definition) is 2. The van der Waals surface area contributed by atoms with Gasteiger partial charge in [0.2, 0.25) is 0 Å². The summed E-state index contributed by atoms with van der Waals surface area (Å²) < 4.78 is 3.45. The molecule has 4 heteroatoms. The second kappa shape index (κ2) is 7.16. The van der Waals surface area contributed by atoms with Crippen molar-refractivity contribution in [2.24, 2.45) is 0 Å². The SMILES string of the molecule is CCc1ccc([C@]2(O)C[N+]3=C(CCCCC3)N2c2ccc(Br)cc2)cc1. The maximum absolute atomic E-state index is 11.9. The number of aliphatic hydroxyl groups is 1. The predicted molar refractivity (Wildman–Crippen MR) is 110 cm³/mol. The van der Waals surface area contributed by atoms with Gasteiger partial charge < -0.3 is 5.11 Å². The molecule has 2 aromatic rings. The van der Waals surface area contributed by atoms with Gasteiger partial charge in [-0.2, -0.15) is 4.90 Å². The highest BCUT2D eigenvalue weighted by Gasteiger charge is 2.53. The van der Waals surface area contributed by atoms with Crippen LogP contribution in [0.3, 0.4) is 0 Å². The van der Waals surface area contributed by atoms with Gasteiger partial charge in [-0.3, -0.25) is 4.58 Å². The number of amidine groups is 1. The topological polar surface area (TPSA) is 26.5 Å². The zero-order valence-corrected chi connectivity index (χ0v) is 16.9. The zero-order chi connectivity index (χ0) is 18.1. The van der Waals surface area contributed by atoms with Crippen LogP contribution in [0.25, 0.3) is 0 Å². The molecule has 1 N–H and O–H groups in total. The summed E-state index contributed by atoms with van der Waals surface area (Å²) in [5, 5.41) is 11.9. The van der Waals surface area contributed by atoms with E-state index in [4.69, 9.17) is 0 Å². The van der Waals surface area contributed by atoms with E-state index in [2.05, 4.69) is 80.9 Å². The fourth-order valence-corrected chi connectivity index (χ4v) is 4.47. The van der Waals surface area contributed by atoms with Crippen LogP contribution in [0.2, 0.25) is 0 Å². The largest absolute Gasteiger partial charge is 0.346 e. The molecule has 2 aromatic carbocycles. The van der Waals surface area contributed by atoms with Crippen molar-refractivity contribution in [1.29, 1.82) is 0 Å². The van der Waals surface area contributed by atoms with Gasteiger partial charge >= 0.3 is 0 Å². The van der Waals surface area contributed by atoms with Crippen molar-refractivity contribution in [1.82, 2.24) is 0 Å². The molecular weight excluding hydrogens is 388 g/mol. The van der Waals surface area contributed by atoms with Crippen LogP contribution in [0.4, 0.5) is 5.69 Å². The summed E-state index contributed by atoms with van der Waals surface area (Å²) in [4.78, 5) is 2.17. The minimum Gasteiger partial charge on any atom is -0.346 e. The number of rotatable bonds is 3. The van der Waals surface area contributed by atoms with E-state index >= 15 is 0 Å². The van der Waals surface area contributed by atoms with Crippen molar-refractivity contribution >= 4 is 27.5 Å². The van der Waals surface area contributed by atoms with Crippen molar-refractivity contribution in [3.8, 4) is 0 Å². The Balaban J connectivity index is 1.80. The van der Waals surface area contributed by atoms with Gasteiger partial charge in [-0.15, -0.1) is 0 Å². The van der Waals surface area contributed by atoms with Crippen molar-refractivity contribution in [2.45, 2.75) is 44.8 Å². The van der Waals surface area contributed by atoms with Gasteiger partial charge in [0.15, 0.2) is 6.54 Å². The first-order chi connectivity index (χ1) is 12.6. The monoisotopic (exact) mass is 413 g/mol. The number of aryl methyl sites for hydroxylation is 1. The van der Waals surface area contributed by atoms with E-state index in [1.54, 1.807) is 0 Å². The summed E-state index contributed by atoms with van der Waals surface area (Å²) in [5.41, 5.74) is 2.30. The summed E-state index contributed by atoms with van der Waals surface area (Å²) in [7, 11) is 0. The third-order valence-electron chi connectivity index (χ3n) is 5.64. The van der Waals surface area contributed by atoms with Crippen molar-refractivity contribution in [3.05, 3.63) is 64.1 Å². The molecule has 2 aliphatic heterocycles. The van der Waals surface area contributed by atoms with E-state index in [1.807, 2.05) is 0 Å². The lowest BCUT2D eigenvalue weighted by Gasteiger charge is -2.29. The highest BCUT2D eigenvalue weighted by atomic mass is 79.9. The van der Waals surface area contributed by atoms with Gasteiger partial charge in [-0.05, 0) is 55.5 Å². The van der Waals surface area contributed by atoms with Gasteiger partial charge in [0, 0.05) is 16.5 Å². The molecule has 0 amide bonds. The Labute approximate surface area is 164 Å². The number of anilines is 1. The maximum Gasteiger partial charge on any atom is 0.275 e. The zero-order valence-electron chi connectivity index (χ0n) is 15.3. The molecule has 0 spiro atoms. The minimum atomic E-state index is -1.02. The fourth-order valence-electron chi connectivity index (χ4n) is 4.20. The van der Waals surface area contributed by atoms with E-state index < -0.39 is 5.72 Å². The quantitative estimate of drug-likeness (QED) is 0.740. The van der Waals surface area contributed by atoms with E-state index in [9.17, 15) is 5.11 Å². The normalized spacial score (nSPS) is 23.1. The van der Waals surface area contributed by atoms with Gasteiger partial charge in [0.05, 0.1) is 6.54 Å². The second-order valence-corrected chi connectivity index (χ2v) is 8.24. The summed E-state index contributed by atoms with van der Waals surface area (Å²) in [6.45, 7) is 3.81. The molecule has 0 bridgehead atoms. The summed E-state index contributed by atoms with van der Waals surface area (Å²) >= 11 is 3.53. The van der Waals surface area contributed by atoms with E-state index in [0.29, 0.717) is 6.54 Å². The van der Waals surface area contributed by atoms with Crippen molar-refractivity contribution < 1.29 is 9.68 Å². The molecule has 0 fully saturated rings. The molecule has 2 aliphatic rings. The highest BCUT2D eigenvalue weighted by Crippen LogP contribution is 2.38. The standard InChI is InChI=1S/C22H26BrN2O/c1-2-17-7-9-18(10-8-17)22(26)16-24-15-5-3-4-6-21(24)25(22)20-13-11-19(23)12-14-20/h7-14,26H,2-6,15-16H2,1H3/q+1/t22-/m1/s1. The van der Waals surface area contributed by atoms with Crippen molar-refractivity contribution in [2.75, 3.05) is 18.0 Å². The first-order valence-electron chi connectivity index (χ1n) is 9.60. The molecule has 0 saturated heterocycles. The van der Waals surface area contributed by atoms with E-state index in [1.165, 1.54) is 30.7 Å². The molecule has 136 valence electrons. The van der Waals surface area contributed by atoms with Crippen LogP contribution < -0.4 is 4.90 Å². The van der Waals surface area contributed by atoms with Gasteiger partial charge in [-0.25, -0.2) is 0 Å². The lowest BCUT2D eigenvalue weighted by atomic mass is 9.98. The molecule has 3 nitrogen and oxygen atoms in total. The van der Waals surface area contributed by atoms with Crippen LogP contribution in [0.1, 0.15) is 43.7 Å². The highest BCUT2D eigenvalue weighted by molar-refractivity contribution is 9.10. The molecule has 2 heterocycles. The molecule has 0 saturated carbocycles. The van der Waals surface area contributed by atoms with Crippen LogP contribution >= 0.6 is 15.9 Å². The van der Waals surface area contributed by atoms with E-state index in [-0.39, 0.29) is 0 Å². The molecule has 0 unspecified atom stereocenters. The number of hydrogen-bond donors (Lipinski definition) is 1. The Hall–Kier alpha value is -1.65. The molecular formula is C22H26BrN2O+. The minimum absolute atomic E-state index is 0.629. The predicted octanol–water partition coefficient (Wildman–Crippen LogP) is 4.66. The van der Waals surface area contributed by atoms with Crippen LogP contribution in [0.15, 0.2) is 53.0 Å². The molecule has 0 aliphatic carbocycles. The van der Waals surface area contributed by atoms with Crippen LogP contribution in [-0.2, 0) is 12.1 Å². The molecule has 26 heavy (non-hydrogen) atoms. The van der Waals surface area contributed by atoms with Gasteiger partial charge in [-0.1, -0.05) is 47.1 Å². The average Bonchev–Trinajstić information content (AvgIpc) is 2.80. The average molecular weight is 414 g/mol. The molecule has 4 rings (SSSR count). The Bertz CT molecular complexity index is 813. The van der Waals surface area contributed by atoms with Gasteiger partial charge in [0.25, 0.3) is 11.6 Å². The summed E-state index contributed by atoms with van der Waals surface area (Å²) in [5.74, 6) is 1.26. The molecule has 0 aromatic heterocycles. The summed E-state index contributed by atoms with van der Waals surface area (Å²) in [6, 6.07) is 16.8. The van der Waals surface area contributed by atoms with Crippen molar-refractivity contribution in [3.63, 3.8) is 0 Å². The fraction of sp³-hybridized carbons (Fsp3) is 0.409. The van der Waals surface area contributed by atoms with Crippen LogP contribution in [0, 0.1) is 0 Å². The van der Waals surface area contributed by atoms with E-state index in [0.717, 1.165) is 35.1 Å². The van der Waals surface area contributed by atoms with Crippen LogP contribution in [0.5, 0.6) is 0 Å². The van der Waals surface area contributed by atoms with Crippen LogP contribution in [-0.4, -0.2) is 28.6 Å². The first kappa shape index (κ1) is 17.7. The smallest absolute Gasteiger partial charge is 0.275 e. The maximum atomic E-state index is 11.9. The number of benzene rings is 2. The molecule has 1 atom stereocenters. The second-order valence-electron chi connectivity index (χ2n) is 7.33. The number of halogens is 1. The Morgan fingerprint density at radius 1 is 1.04 bits per heavy atom. The Morgan fingerprint density at radius 3 is 2.46 bits per heavy atom. The lowest BCUT2D eigenvalue weighted by Crippen LogP contribution is -2.47. The first-order valence-corrected chi connectivity index (χ1v) is 10.4. The van der Waals surface area contributed by atoms with Gasteiger partial charge in [0.1, 0.15) is 5.69 Å². The Kier molecular flexibility index (Phi) is 4.89. The summed E-state index contributed by atoms with van der Waals surface area (Å²) in [6.07, 6.45) is 5.67. The third kappa shape index (κ3) is 3.10. The lowest BCUT2D eigenvalue weighted by molar-refractivity contribution is -0.534. The third-order valence-corrected chi connectivity index (χ3v) is 6.17.